The summed E-state index contributed by atoms with van der Waals surface area (Å²) in [4.78, 5) is 11.8. The first-order valence-corrected chi connectivity index (χ1v) is 9.67. The number of para-hydroxylation sites is 1. The summed E-state index contributed by atoms with van der Waals surface area (Å²) in [6.45, 7) is 6.03. The lowest BCUT2D eigenvalue weighted by Gasteiger charge is -2.16. The Balaban J connectivity index is 0.00000392. The summed E-state index contributed by atoms with van der Waals surface area (Å²) in [5.74, 6) is 2.54. The third-order valence-corrected chi connectivity index (χ3v) is 4.42. The average Bonchev–Trinajstić information content (AvgIpc) is 2.67. The third kappa shape index (κ3) is 7.05. The van der Waals surface area contributed by atoms with Crippen molar-refractivity contribution in [1.82, 2.24) is 0 Å². The predicted molar refractivity (Wildman–Crippen MR) is 122 cm³/mol. The lowest BCUT2D eigenvalue weighted by Crippen LogP contribution is -2.09. The Kier molecular flexibility index (Phi) is 10.4. The highest BCUT2D eigenvalue weighted by Gasteiger charge is 2.12. The second-order valence-electron chi connectivity index (χ2n) is 5.70. The number of nitrogens with one attached hydrogen (secondary N) is 1. The summed E-state index contributed by atoms with van der Waals surface area (Å²) in [5, 5.41) is 7.33. The van der Waals surface area contributed by atoms with Crippen LogP contribution in [0.15, 0.2) is 55.1 Å². The van der Waals surface area contributed by atoms with Gasteiger partial charge < -0.3 is 15.2 Å². The van der Waals surface area contributed by atoms with Crippen molar-refractivity contribution >= 4 is 39.7 Å². The van der Waals surface area contributed by atoms with Gasteiger partial charge in [0, 0.05) is 23.3 Å². The standard InChI is InChI=1S/C21H24N2O3S.BrH/c1-3-6-16-7-5-8-19(20(16)25-13-14-27-21(22)23)26-17-11-9-15(10-12-17)18(24)4-2;/h3,5,7-12H,1,4,6,13-14H2,2H3,(H3,22,23);1H. The van der Waals surface area contributed by atoms with Crippen molar-refractivity contribution in [2.75, 3.05) is 12.4 Å². The summed E-state index contributed by atoms with van der Waals surface area (Å²) < 4.78 is 11.9. The molecular formula is C21H25BrN2O3S. The van der Waals surface area contributed by atoms with E-state index in [9.17, 15) is 4.79 Å². The van der Waals surface area contributed by atoms with Gasteiger partial charge in [0.25, 0.3) is 0 Å². The van der Waals surface area contributed by atoms with Gasteiger partial charge in [-0.25, -0.2) is 0 Å². The Bertz CT molecular complexity index is 810. The number of hydrogen-bond acceptors (Lipinski definition) is 5. The Hall–Kier alpha value is -2.25. The van der Waals surface area contributed by atoms with Gasteiger partial charge in [-0.2, -0.15) is 0 Å². The summed E-state index contributed by atoms with van der Waals surface area (Å²) in [5.41, 5.74) is 6.99. The summed E-state index contributed by atoms with van der Waals surface area (Å²) >= 11 is 1.23. The Morgan fingerprint density at radius 1 is 1.25 bits per heavy atom. The normalized spacial score (nSPS) is 9.89. The SMILES string of the molecule is Br.C=CCc1cccc(Oc2ccc(C(=O)CC)cc2)c1OCCSC(=N)N. The zero-order chi connectivity index (χ0) is 19.6. The van der Waals surface area contributed by atoms with Gasteiger partial charge in [0.2, 0.25) is 0 Å². The molecule has 0 saturated carbocycles. The molecule has 28 heavy (non-hydrogen) atoms. The lowest BCUT2D eigenvalue weighted by molar-refractivity contribution is 0.0988. The van der Waals surface area contributed by atoms with Crippen LogP contribution in [-0.4, -0.2) is 23.3 Å². The Labute approximate surface area is 180 Å². The number of carbonyl (C=O) groups excluding carboxylic acids is 1. The van der Waals surface area contributed by atoms with Crippen LogP contribution in [0.3, 0.4) is 0 Å². The van der Waals surface area contributed by atoms with E-state index < -0.39 is 0 Å². The van der Waals surface area contributed by atoms with E-state index >= 15 is 0 Å². The average molecular weight is 465 g/mol. The molecule has 0 aliphatic rings. The Morgan fingerprint density at radius 2 is 1.96 bits per heavy atom. The van der Waals surface area contributed by atoms with Crippen LogP contribution >= 0.6 is 28.7 Å². The van der Waals surface area contributed by atoms with Crippen LogP contribution in [0.1, 0.15) is 29.3 Å². The maximum atomic E-state index is 11.8. The maximum Gasteiger partial charge on any atom is 0.169 e. The molecule has 0 heterocycles. The van der Waals surface area contributed by atoms with E-state index in [1.165, 1.54) is 11.8 Å². The number of hydrogen-bond donors (Lipinski definition) is 2. The molecule has 0 bridgehead atoms. The van der Waals surface area contributed by atoms with Crippen molar-refractivity contribution < 1.29 is 14.3 Å². The minimum atomic E-state index is 0. The first-order chi connectivity index (χ1) is 13.0. The highest BCUT2D eigenvalue weighted by Crippen LogP contribution is 2.35. The fraction of sp³-hybridized carbons (Fsp3) is 0.238. The van der Waals surface area contributed by atoms with Crippen molar-refractivity contribution in [2.45, 2.75) is 19.8 Å². The fourth-order valence-corrected chi connectivity index (χ4v) is 2.84. The number of amidine groups is 1. The number of ketones is 1. The molecule has 2 aromatic rings. The molecule has 7 heteroatoms. The van der Waals surface area contributed by atoms with E-state index in [-0.39, 0.29) is 27.9 Å². The molecule has 0 spiro atoms. The van der Waals surface area contributed by atoms with E-state index in [0.717, 1.165) is 5.56 Å². The predicted octanol–water partition coefficient (Wildman–Crippen LogP) is 5.38. The van der Waals surface area contributed by atoms with E-state index in [0.29, 0.717) is 48.0 Å². The third-order valence-electron chi connectivity index (χ3n) is 3.74. The molecule has 2 rings (SSSR count). The monoisotopic (exact) mass is 464 g/mol. The second kappa shape index (κ2) is 12.3. The van der Waals surface area contributed by atoms with E-state index in [2.05, 4.69) is 6.58 Å². The largest absolute Gasteiger partial charge is 0.488 e. The molecule has 0 atom stereocenters. The van der Waals surface area contributed by atoms with Gasteiger partial charge in [-0.1, -0.05) is 36.9 Å². The number of rotatable bonds is 10. The molecule has 0 aliphatic heterocycles. The van der Waals surface area contributed by atoms with Crippen LogP contribution in [0.25, 0.3) is 0 Å². The van der Waals surface area contributed by atoms with Crippen molar-refractivity contribution in [3.05, 3.63) is 66.2 Å². The number of carbonyl (C=O) groups is 1. The van der Waals surface area contributed by atoms with Gasteiger partial charge in [0.1, 0.15) is 5.75 Å². The lowest BCUT2D eigenvalue weighted by atomic mass is 10.1. The number of benzene rings is 2. The molecule has 0 aliphatic carbocycles. The van der Waals surface area contributed by atoms with Gasteiger partial charge in [-0.05, 0) is 36.8 Å². The minimum Gasteiger partial charge on any atom is -0.488 e. The molecule has 3 N–H and O–H groups in total. The first-order valence-electron chi connectivity index (χ1n) is 8.68. The summed E-state index contributed by atoms with van der Waals surface area (Å²) in [7, 11) is 0. The quantitative estimate of drug-likeness (QED) is 0.162. The molecule has 0 saturated heterocycles. The molecular weight excluding hydrogens is 440 g/mol. The van der Waals surface area contributed by atoms with Gasteiger partial charge in [-0.3, -0.25) is 10.2 Å². The molecule has 0 radical (unpaired) electrons. The van der Waals surface area contributed by atoms with Gasteiger partial charge in [0.05, 0.1) is 6.61 Å². The number of Topliss-reactive ketones (excluding diaryl/α,β-unsaturated/α-hetero) is 1. The number of allylic oxidation sites excluding steroid dienone is 1. The second-order valence-corrected chi connectivity index (χ2v) is 6.84. The summed E-state index contributed by atoms with van der Waals surface area (Å²) in [6, 6.07) is 12.8. The van der Waals surface area contributed by atoms with Crippen molar-refractivity contribution in [3.63, 3.8) is 0 Å². The molecule has 0 aromatic heterocycles. The number of thioether (sulfide) groups is 1. The highest BCUT2D eigenvalue weighted by molar-refractivity contribution is 8.93. The number of nitrogens with two attached hydrogens (primary N) is 1. The zero-order valence-electron chi connectivity index (χ0n) is 15.8. The van der Waals surface area contributed by atoms with Crippen LogP contribution in [0.2, 0.25) is 0 Å². The van der Waals surface area contributed by atoms with Crippen molar-refractivity contribution in [1.29, 1.82) is 5.41 Å². The van der Waals surface area contributed by atoms with E-state index in [1.807, 2.05) is 25.1 Å². The molecule has 0 unspecified atom stereocenters. The van der Waals surface area contributed by atoms with Crippen LogP contribution in [0.5, 0.6) is 17.2 Å². The maximum absolute atomic E-state index is 11.8. The minimum absolute atomic E-state index is 0. The Morgan fingerprint density at radius 3 is 2.57 bits per heavy atom. The highest BCUT2D eigenvalue weighted by atomic mass is 79.9. The van der Waals surface area contributed by atoms with Crippen LogP contribution in [0, 0.1) is 5.41 Å². The molecule has 0 fully saturated rings. The van der Waals surface area contributed by atoms with Crippen molar-refractivity contribution in [2.24, 2.45) is 5.73 Å². The van der Waals surface area contributed by atoms with E-state index in [1.54, 1.807) is 30.3 Å². The first kappa shape index (κ1) is 23.8. The molecule has 0 amide bonds. The van der Waals surface area contributed by atoms with Gasteiger partial charge >= 0.3 is 0 Å². The molecule has 2 aromatic carbocycles. The van der Waals surface area contributed by atoms with Crippen molar-refractivity contribution in [3.8, 4) is 17.2 Å². The topological polar surface area (TPSA) is 85.4 Å². The van der Waals surface area contributed by atoms with E-state index in [4.69, 9.17) is 20.6 Å². The number of halogens is 1. The van der Waals surface area contributed by atoms with Gasteiger partial charge in [-0.15, -0.1) is 23.6 Å². The van der Waals surface area contributed by atoms with Crippen LogP contribution in [-0.2, 0) is 6.42 Å². The molecule has 150 valence electrons. The smallest absolute Gasteiger partial charge is 0.169 e. The fourth-order valence-electron chi connectivity index (χ4n) is 2.46. The van der Waals surface area contributed by atoms with Crippen LogP contribution in [0.4, 0.5) is 0 Å². The zero-order valence-corrected chi connectivity index (χ0v) is 18.3. The molecule has 5 nitrogen and oxygen atoms in total. The van der Waals surface area contributed by atoms with Crippen LogP contribution < -0.4 is 15.2 Å². The van der Waals surface area contributed by atoms with Gasteiger partial charge in [0.15, 0.2) is 22.4 Å². The number of ether oxygens (including phenoxy) is 2. The summed E-state index contributed by atoms with van der Waals surface area (Å²) in [6.07, 6.45) is 2.93.